The fraction of sp³-hybridized carbons (Fsp3) is 0.600. The standard InChI is InChI=1S/C5H9ClN2O3/c6-1-4(10)8-2-3(9)5(7)11/h3,9H,1-2H2,(H2,7,11)(H,8,10). The lowest BCUT2D eigenvalue weighted by Gasteiger charge is -2.06. The molecule has 64 valence electrons. The van der Waals surface area contributed by atoms with Gasteiger partial charge < -0.3 is 16.2 Å². The van der Waals surface area contributed by atoms with Crippen molar-refractivity contribution < 1.29 is 14.7 Å². The van der Waals surface area contributed by atoms with E-state index in [-0.39, 0.29) is 12.4 Å². The number of halogens is 1. The molecule has 11 heavy (non-hydrogen) atoms. The van der Waals surface area contributed by atoms with Crippen LogP contribution >= 0.6 is 11.6 Å². The number of hydrogen-bond donors (Lipinski definition) is 3. The highest BCUT2D eigenvalue weighted by Crippen LogP contribution is 1.79. The molecule has 0 saturated heterocycles. The zero-order valence-corrected chi connectivity index (χ0v) is 6.47. The van der Waals surface area contributed by atoms with Crippen LogP contribution in [0.3, 0.4) is 0 Å². The Kier molecular flexibility index (Phi) is 4.56. The Morgan fingerprint density at radius 2 is 2.18 bits per heavy atom. The Morgan fingerprint density at radius 3 is 2.55 bits per heavy atom. The number of aliphatic hydroxyl groups is 1. The van der Waals surface area contributed by atoms with Gasteiger partial charge in [-0.15, -0.1) is 11.6 Å². The van der Waals surface area contributed by atoms with E-state index < -0.39 is 17.9 Å². The zero-order valence-electron chi connectivity index (χ0n) is 5.71. The molecule has 0 aromatic rings. The van der Waals surface area contributed by atoms with E-state index in [1.165, 1.54) is 0 Å². The molecule has 0 aromatic heterocycles. The van der Waals surface area contributed by atoms with Crippen LogP contribution in [0.25, 0.3) is 0 Å². The molecule has 0 aliphatic rings. The number of aliphatic hydroxyl groups excluding tert-OH is 1. The number of nitrogens with two attached hydrogens (primary N) is 1. The maximum Gasteiger partial charge on any atom is 0.248 e. The van der Waals surface area contributed by atoms with E-state index in [1.54, 1.807) is 0 Å². The molecule has 1 unspecified atom stereocenters. The Bertz CT molecular complexity index is 162. The van der Waals surface area contributed by atoms with Crippen molar-refractivity contribution in [3.05, 3.63) is 0 Å². The van der Waals surface area contributed by atoms with E-state index in [4.69, 9.17) is 22.4 Å². The second-order valence-corrected chi connectivity index (χ2v) is 2.12. The normalized spacial score (nSPS) is 12.2. The summed E-state index contributed by atoms with van der Waals surface area (Å²) in [6, 6.07) is 0. The van der Waals surface area contributed by atoms with Crippen LogP contribution in [0.15, 0.2) is 0 Å². The molecule has 1 atom stereocenters. The van der Waals surface area contributed by atoms with Gasteiger partial charge in [-0.05, 0) is 0 Å². The fourth-order valence-electron chi connectivity index (χ4n) is 0.358. The van der Waals surface area contributed by atoms with E-state index in [9.17, 15) is 9.59 Å². The molecule has 0 aliphatic carbocycles. The lowest BCUT2D eigenvalue weighted by molar-refractivity contribution is -0.126. The SMILES string of the molecule is NC(=O)C(O)CNC(=O)CCl. The summed E-state index contributed by atoms with van der Waals surface area (Å²) in [5.41, 5.74) is 4.69. The summed E-state index contributed by atoms with van der Waals surface area (Å²) in [4.78, 5) is 20.6. The molecular weight excluding hydrogens is 172 g/mol. The van der Waals surface area contributed by atoms with Crippen LogP contribution in [0, 0.1) is 0 Å². The molecule has 0 spiro atoms. The summed E-state index contributed by atoms with van der Waals surface area (Å²) in [5, 5.41) is 10.9. The zero-order chi connectivity index (χ0) is 8.85. The van der Waals surface area contributed by atoms with Crippen LogP contribution in [0.4, 0.5) is 0 Å². The van der Waals surface area contributed by atoms with Crippen LogP contribution in [-0.2, 0) is 9.59 Å². The van der Waals surface area contributed by atoms with Crippen molar-refractivity contribution in [2.24, 2.45) is 5.73 Å². The number of amides is 2. The summed E-state index contributed by atoms with van der Waals surface area (Å²) in [6.07, 6.45) is -1.35. The van der Waals surface area contributed by atoms with Gasteiger partial charge in [0.25, 0.3) is 0 Å². The first-order valence-electron chi connectivity index (χ1n) is 2.88. The van der Waals surface area contributed by atoms with Crippen LogP contribution in [-0.4, -0.2) is 35.4 Å². The van der Waals surface area contributed by atoms with Gasteiger partial charge in [0.05, 0.1) is 6.54 Å². The second-order valence-electron chi connectivity index (χ2n) is 1.86. The van der Waals surface area contributed by atoms with E-state index in [2.05, 4.69) is 5.32 Å². The highest BCUT2D eigenvalue weighted by molar-refractivity contribution is 6.27. The first-order valence-corrected chi connectivity index (χ1v) is 3.41. The minimum absolute atomic E-state index is 0.194. The van der Waals surface area contributed by atoms with Crippen molar-refractivity contribution in [2.45, 2.75) is 6.10 Å². The molecular formula is C5H9ClN2O3. The van der Waals surface area contributed by atoms with Gasteiger partial charge in [-0.2, -0.15) is 0 Å². The van der Waals surface area contributed by atoms with Gasteiger partial charge >= 0.3 is 0 Å². The number of carbonyl (C=O) groups excluding carboxylic acids is 2. The van der Waals surface area contributed by atoms with E-state index in [1.807, 2.05) is 0 Å². The Morgan fingerprint density at radius 1 is 1.64 bits per heavy atom. The van der Waals surface area contributed by atoms with Crippen molar-refractivity contribution in [3.63, 3.8) is 0 Å². The Hall–Kier alpha value is -0.810. The van der Waals surface area contributed by atoms with Crippen molar-refractivity contribution in [1.82, 2.24) is 5.32 Å². The minimum Gasteiger partial charge on any atom is -0.381 e. The molecule has 0 radical (unpaired) electrons. The second kappa shape index (κ2) is 4.92. The van der Waals surface area contributed by atoms with Gasteiger partial charge in [-0.3, -0.25) is 9.59 Å². The summed E-state index contributed by atoms with van der Waals surface area (Å²) >= 11 is 5.11. The summed E-state index contributed by atoms with van der Waals surface area (Å²) in [6.45, 7) is -0.194. The van der Waals surface area contributed by atoms with Crippen LogP contribution in [0.5, 0.6) is 0 Å². The van der Waals surface area contributed by atoms with Gasteiger partial charge in [0.1, 0.15) is 12.0 Å². The molecule has 0 saturated carbocycles. The maximum atomic E-state index is 10.4. The lowest BCUT2D eigenvalue weighted by Crippen LogP contribution is -2.40. The average molecular weight is 181 g/mol. The molecule has 5 nitrogen and oxygen atoms in total. The molecule has 0 aromatic carbocycles. The van der Waals surface area contributed by atoms with Gasteiger partial charge in [0.15, 0.2) is 0 Å². The van der Waals surface area contributed by atoms with Gasteiger partial charge in [0.2, 0.25) is 11.8 Å². The highest BCUT2D eigenvalue weighted by Gasteiger charge is 2.10. The number of primary amides is 1. The Balaban J connectivity index is 3.54. The van der Waals surface area contributed by atoms with Crippen molar-refractivity contribution in [2.75, 3.05) is 12.4 Å². The van der Waals surface area contributed by atoms with Crippen molar-refractivity contribution in [3.8, 4) is 0 Å². The van der Waals surface area contributed by atoms with E-state index in [0.29, 0.717) is 0 Å². The molecule has 0 rings (SSSR count). The predicted molar refractivity (Wildman–Crippen MR) is 38.9 cm³/mol. The number of nitrogens with one attached hydrogen (secondary N) is 1. The van der Waals surface area contributed by atoms with Gasteiger partial charge in [0, 0.05) is 0 Å². The van der Waals surface area contributed by atoms with Gasteiger partial charge in [-0.1, -0.05) is 0 Å². The molecule has 0 bridgehead atoms. The summed E-state index contributed by atoms with van der Waals surface area (Å²) in [7, 11) is 0. The number of carbonyl (C=O) groups is 2. The maximum absolute atomic E-state index is 10.4. The molecule has 0 fully saturated rings. The topological polar surface area (TPSA) is 92.4 Å². The molecule has 6 heteroatoms. The fourth-order valence-corrected chi connectivity index (χ4v) is 0.453. The number of hydrogen-bond acceptors (Lipinski definition) is 3. The average Bonchev–Trinajstić information content (AvgIpc) is 1.99. The summed E-state index contributed by atoms with van der Waals surface area (Å²) in [5.74, 6) is -1.53. The monoisotopic (exact) mass is 180 g/mol. The first kappa shape index (κ1) is 10.2. The third-order valence-electron chi connectivity index (χ3n) is 0.942. The number of alkyl halides is 1. The van der Waals surface area contributed by atoms with Crippen LogP contribution in [0.2, 0.25) is 0 Å². The minimum atomic E-state index is -1.35. The van der Waals surface area contributed by atoms with Crippen LogP contribution < -0.4 is 11.1 Å². The predicted octanol–water partition coefficient (Wildman–Crippen LogP) is -1.81. The Labute approximate surface area is 68.5 Å². The van der Waals surface area contributed by atoms with Crippen LogP contribution in [0.1, 0.15) is 0 Å². The highest BCUT2D eigenvalue weighted by atomic mass is 35.5. The summed E-state index contributed by atoms with van der Waals surface area (Å²) < 4.78 is 0. The third-order valence-corrected chi connectivity index (χ3v) is 1.19. The molecule has 0 aliphatic heterocycles. The van der Waals surface area contributed by atoms with Gasteiger partial charge in [-0.25, -0.2) is 0 Å². The lowest BCUT2D eigenvalue weighted by atomic mass is 10.3. The third kappa shape index (κ3) is 4.58. The molecule has 0 heterocycles. The largest absolute Gasteiger partial charge is 0.381 e. The number of rotatable bonds is 4. The van der Waals surface area contributed by atoms with E-state index in [0.717, 1.165) is 0 Å². The van der Waals surface area contributed by atoms with Crippen molar-refractivity contribution in [1.29, 1.82) is 0 Å². The van der Waals surface area contributed by atoms with E-state index >= 15 is 0 Å². The molecule has 4 N–H and O–H groups in total. The quantitative estimate of drug-likeness (QED) is 0.445. The first-order chi connectivity index (χ1) is 5.07. The van der Waals surface area contributed by atoms with Crippen molar-refractivity contribution >= 4 is 23.4 Å². The smallest absolute Gasteiger partial charge is 0.248 e. The molecule has 2 amide bonds.